The Morgan fingerprint density at radius 3 is 2.39 bits per heavy atom. The highest BCUT2D eigenvalue weighted by Gasteiger charge is 2.39. The molecule has 3 aliphatic rings. The molecule has 176 valence electrons. The predicted molar refractivity (Wildman–Crippen MR) is 121 cm³/mol. The van der Waals surface area contributed by atoms with Crippen molar-refractivity contribution in [2.75, 3.05) is 46.0 Å². The Morgan fingerprint density at radius 1 is 1.06 bits per heavy atom. The summed E-state index contributed by atoms with van der Waals surface area (Å²) >= 11 is 0. The van der Waals surface area contributed by atoms with Crippen LogP contribution in [0.3, 0.4) is 0 Å². The standard InChI is InChI=1S/C22H23N3O6S.CH4/c26-14-19(15-4-2-1-3-5-15)22(27)24-10-16-12-25(13-17(16)11-24)32(28,29)18-8-20-21(23-9-18)31-7-6-30-20;/h1-5,8-9,19,26H,6-7,10-14H2;1H4/t19-;/m1./s1. The maximum absolute atomic E-state index is 13.2. The summed E-state index contributed by atoms with van der Waals surface area (Å²) in [6.07, 6.45) is 1.29. The summed E-state index contributed by atoms with van der Waals surface area (Å²) in [5, 5.41) is 9.80. The third-order valence-corrected chi connectivity index (χ3v) is 7.76. The third-order valence-electron chi connectivity index (χ3n) is 6.00. The second-order valence-corrected chi connectivity index (χ2v) is 9.93. The lowest BCUT2D eigenvalue weighted by Crippen LogP contribution is -2.39. The summed E-state index contributed by atoms with van der Waals surface area (Å²) in [5.74, 6) is -0.161. The summed E-state index contributed by atoms with van der Waals surface area (Å²) < 4.78 is 38.5. The van der Waals surface area contributed by atoms with E-state index in [9.17, 15) is 18.3 Å². The molecule has 1 aromatic carbocycles. The van der Waals surface area contributed by atoms with Gasteiger partial charge in [-0.1, -0.05) is 37.8 Å². The van der Waals surface area contributed by atoms with Crippen LogP contribution in [0.25, 0.3) is 0 Å². The van der Waals surface area contributed by atoms with E-state index in [1.807, 2.05) is 30.3 Å². The van der Waals surface area contributed by atoms with Crippen LogP contribution >= 0.6 is 0 Å². The van der Waals surface area contributed by atoms with Crippen LogP contribution in [0.5, 0.6) is 11.6 Å². The summed E-state index contributed by atoms with van der Waals surface area (Å²) in [6, 6.07) is 10.6. The smallest absolute Gasteiger partial charge is 0.257 e. The van der Waals surface area contributed by atoms with Crippen LogP contribution in [-0.4, -0.2) is 79.6 Å². The molecular weight excluding hydrogens is 446 g/mol. The number of rotatable bonds is 5. The summed E-state index contributed by atoms with van der Waals surface area (Å²) in [4.78, 5) is 18.8. The number of aromatic nitrogens is 1. The summed E-state index contributed by atoms with van der Waals surface area (Å²) in [7, 11) is -3.77. The molecule has 0 saturated heterocycles. The number of aliphatic hydroxyl groups is 1. The van der Waals surface area contributed by atoms with Gasteiger partial charge in [0, 0.05) is 32.2 Å². The number of sulfonamides is 1. The molecule has 0 saturated carbocycles. The fraction of sp³-hybridized carbons (Fsp3) is 0.391. The number of ether oxygens (including phenoxy) is 2. The number of hydrogen-bond donors (Lipinski definition) is 1. The van der Waals surface area contributed by atoms with Gasteiger partial charge in [-0.3, -0.25) is 4.79 Å². The quantitative estimate of drug-likeness (QED) is 0.654. The monoisotopic (exact) mass is 473 g/mol. The van der Waals surface area contributed by atoms with Gasteiger partial charge < -0.3 is 19.5 Å². The van der Waals surface area contributed by atoms with Crippen molar-refractivity contribution in [1.82, 2.24) is 14.2 Å². The van der Waals surface area contributed by atoms with Crippen LogP contribution in [0, 0.1) is 0 Å². The van der Waals surface area contributed by atoms with Crippen LogP contribution in [0.15, 0.2) is 58.6 Å². The van der Waals surface area contributed by atoms with Crippen molar-refractivity contribution in [3.63, 3.8) is 0 Å². The fourth-order valence-electron chi connectivity index (χ4n) is 4.31. The van der Waals surface area contributed by atoms with Gasteiger partial charge in [0.25, 0.3) is 5.88 Å². The Bertz CT molecular complexity index is 1160. The lowest BCUT2D eigenvalue weighted by molar-refractivity contribution is -0.132. The normalized spacial score (nSPS) is 18.6. The lowest BCUT2D eigenvalue weighted by atomic mass is 9.98. The summed E-state index contributed by atoms with van der Waals surface area (Å²) in [6.45, 7) is 1.63. The van der Waals surface area contributed by atoms with Crippen LogP contribution < -0.4 is 9.47 Å². The van der Waals surface area contributed by atoms with E-state index in [1.54, 1.807) is 4.90 Å². The van der Waals surface area contributed by atoms with Crippen molar-refractivity contribution in [3.05, 3.63) is 59.3 Å². The number of nitrogens with zero attached hydrogens (tertiary/aromatic N) is 3. The van der Waals surface area contributed by atoms with Gasteiger partial charge >= 0.3 is 0 Å². The van der Waals surface area contributed by atoms with Gasteiger partial charge in [0.15, 0.2) is 5.75 Å². The Labute approximate surface area is 193 Å². The zero-order valence-electron chi connectivity index (χ0n) is 17.3. The minimum Gasteiger partial charge on any atom is -0.484 e. The van der Waals surface area contributed by atoms with Gasteiger partial charge in [0.1, 0.15) is 18.1 Å². The molecule has 0 aliphatic carbocycles. The van der Waals surface area contributed by atoms with Crippen molar-refractivity contribution in [1.29, 1.82) is 0 Å². The number of amides is 1. The number of fused-ring (bicyclic) bond motifs is 1. The molecule has 0 fully saturated rings. The molecule has 3 aliphatic heterocycles. The van der Waals surface area contributed by atoms with E-state index in [4.69, 9.17) is 9.47 Å². The number of hydrogen-bond acceptors (Lipinski definition) is 7. The molecule has 5 rings (SSSR count). The molecule has 1 aromatic heterocycles. The zero-order valence-corrected chi connectivity index (χ0v) is 18.1. The first-order chi connectivity index (χ1) is 15.5. The number of benzene rings is 1. The van der Waals surface area contributed by atoms with Crippen LogP contribution in [-0.2, 0) is 14.8 Å². The van der Waals surface area contributed by atoms with Crippen LogP contribution in [0.1, 0.15) is 18.9 Å². The van der Waals surface area contributed by atoms with E-state index in [0.29, 0.717) is 37.9 Å². The van der Waals surface area contributed by atoms with Crippen molar-refractivity contribution in [2.24, 2.45) is 0 Å². The first-order valence-electron chi connectivity index (χ1n) is 10.4. The van der Waals surface area contributed by atoms with Crippen LogP contribution in [0.2, 0.25) is 0 Å². The number of carbonyl (C=O) groups is 1. The van der Waals surface area contributed by atoms with Gasteiger partial charge in [-0.05, 0) is 16.7 Å². The molecule has 2 aromatic rings. The minimum atomic E-state index is -3.77. The van der Waals surface area contributed by atoms with Crippen molar-refractivity contribution in [2.45, 2.75) is 18.2 Å². The van der Waals surface area contributed by atoms with Crippen molar-refractivity contribution in [3.8, 4) is 11.6 Å². The molecular formula is C23H27N3O6S. The van der Waals surface area contributed by atoms with Crippen molar-refractivity contribution >= 4 is 15.9 Å². The number of aliphatic hydroxyl groups excluding tert-OH is 1. The Morgan fingerprint density at radius 2 is 1.73 bits per heavy atom. The Balaban J connectivity index is 0.00000259. The van der Waals surface area contributed by atoms with E-state index in [1.165, 1.54) is 16.6 Å². The second kappa shape index (κ2) is 9.12. The molecule has 0 spiro atoms. The Hall–Kier alpha value is -2.95. The number of carbonyl (C=O) groups excluding carboxylic acids is 1. The largest absolute Gasteiger partial charge is 0.484 e. The van der Waals surface area contributed by atoms with Gasteiger partial charge in [0.2, 0.25) is 15.9 Å². The molecule has 4 heterocycles. The molecule has 9 nitrogen and oxygen atoms in total. The third kappa shape index (κ3) is 4.21. The molecule has 1 N–H and O–H groups in total. The number of pyridine rings is 1. The zero-order chi connectivity index (χ0) is 22.3. The molecule has 0 bridgehead atoms. The molecule has 0 unspecified atom stereocenters. The maximum Gasteiger partial charge on any atom is 0.257 e. The van der Waals surface area contributed by atoms with E-state index in [2.05, 4.69) is 4.98 Å². The van der Waals surface area contributed by atoms with E-state index >= 15 is 0 Å². The highest BCUT2D eigenvalue weighted by atomic mass is 32.2. The van der Waals surface area contributed by atoms with Gasteiger partial charge in [-0.2, -0.15) is 4.31 Å². The van der Waals surface area contributed by atoms with E-state index < -0.39 is 15.9 Å². The molecule has 10 heteroatoms. The highest BCUT2D eigenvalue weighted by molar-refractivity contribution is 7.89. The topological polar surface area (TPSA) is 109 Å². The van der Waals surface area contributed by atoms with E-state index in [-0.39, 0.29) is 37.9 Å². The second-order valence-electron chi connectivity index (χ2n) is 7.99. The van der Waals surface area contributed by atoms with Gasteiger partial charge in [-0.25, -0.2) is 13.4 Å². The maximum atomic E-state index is 13.2. The van der Waals surface area contributed by atoms with Crippen molar-refractivity contribution < 1.29 is 27.8 Å². The average molecular weight is 474 g/mol. The Kier molecular flexibility index (Phi) is 6.42. The molecule has 1 amide bonds. The highest BCUT2D eigenvalue weighted by Crippen LogP contribution is 2.34. The van der Waals surface area contributed by atoms with Gasteiger partial charge in [-0.15, -0.1) is 0 Å². The van der Waals surface area contributed by atoms with Crippen LogP contribution in [0.4, 0.5) is 0 Å². The average Bonchev–Trinajstić information content (AvgIpc) is 3.40. The SMILES string of the molecule is C.O=C([C@H](CO)c1ccccc1)N1CC2=C(C1)CN(S(=O)(=O)c1cnc3c(c1)OCCO3)C2. The molecule has 1 atom stereocenters. The molecule has 0 radical (unpaired) electrons. The lowest BCUT2D eigenvalue weighted by Gasteiger charge is -2.26. The first-order valence-corrected chi connectivity index (χ1v) is 11.8. The predicted octanol–water partition coefficient (Wildman–Crippen LogP) is 1.41. The fourth-order valence-corrected chi connectivity index (χ4v) is 5.70. The first kappa shape index (κ1) is 23.2. The van der Waals surface area contributed by atoms with Gasteiger partial charge in [0.05, 0.1) is 18.7 Å². The molecule has 33 heavy (non-hydrogen) atoms. The summed E-state index contributed by atoms with van der Waals surface area (Å²) in [5.41, 5.74) is 2.62. The van der Waals surface area contributed by atoms with E-state index in [0.717, 1.165) is 16.7 Å². The minimum absolute atomic E-state index is 0.